The quantitative estimate of drug-likeness (QED) is 0.459. The Hall–Kier alpha value is -0.710. The largest absolute Gasteiger partial charge is 0.356 e. The van der Waals surface area contributed by atoms with Crippen LogP contribution in [0.5, 0.6) is 0 Å². The number of nitrogens with one attached hydrogen (secondary N) is 2. The van der Waals surface area contributed by atoms with Crippen LogP contribution >= 0.6 is 12.6 Å². The standard InChI is InChI=1S/C13H22N2O2S/c16-11(15-10-3-4-10)2-1-7-14-12(17)8-13(9-18)5-6-13/h10,18H,1-9H2,(H,14,17)(H,15,16). The van der Waals surface area contributed by atoms with Gasteiger partial charge in [0.05, 0.1) is 0 Å². The molecule has 18 heavy (non-hydrogen) atoms. The summed E-state index contributed by atoms with van der Waals surface area (Å²) in [7, 11) is 0. The molecule has 0 aromatic carbocycles. The topological polar surface area (TPSA) is 58.2 Å². The van der Waals surface area contributed by atoms with Crippen molar-refractivity contribution in [2.24, 2.45) is 5.41 Å². The Morgan fingerprint density at radius 2 is 1.94 bits per heavy atom. The monoisotopic (exact) mass is 270 g/mol. The Bertz CT molecular complexity index is 325. The van der Waals surface area contributed by atoms with Gasteiger partial charge in [0.1, 0.15) is 0 Å². The van der Waals surface area contributed by atoms with Crippen LogP contribution in [0.3, 0.4) is 0 Å². The van der Waals surface area contributed by atoms with E-state index in [1.165, 1.54) is 0 Å². The van der Waals surface area contributed by atoms with Crippen molar-refractivity contribution in [3.05, 3.63) is 0 Å². The highest BCUT2D eigenvalue weighted by Gasteiger charge is 2.42. The number of amides is 2. The summed E-state index contributed by atoms with van der Waals surface area (Å²) < 4.78 is 0. The van der Waals surface area contributed by atoms with Crippen LogP contribution < -0.4 is 10.6 Å². The van der Waals surface area contributed by atoms with Gasteiger partial charge in [-0.15, -0.1) is 0 Å². The predicted molar refractivity (Wildman–Crippen MR) is 73.5 cm³/mol. The highest BCUT2D eigenvalue weighted by molar-refractivity contribution is 7.80. The molecule has 0 unspecified atom stereocenters. The number of carbonyl (C=O) groups excluding carboxylic acids is 2. The Labute approximate surface area is 114 Å². The number of hydrogen-bond acceptors (Lipinski definition) is 3. The lowest BCUT2D eigenvalue weighted by molar-refractivity contribution is -0.123. The van der Waals surface area contributed by atoms with Crippen molar-refractivity contribution in [3.8, 4) is 0 Å². The van der Waals surface area contributed by atoms with Gasteiger partial charge in [-0.05, 0) is 43.3 Å². The number of thiol groups is 1. The first-order chi connectivity index (χ1) is 8.63. The van der Waals surface area contributed by atoms with E-state index in [-0.39, 0.29) is 17.2 Å². The van der Waals surface area contributed by atoms with Gasteiger partial charge >= 0.3 is 0 Å². The van der Waals surface area contributed by atoms with Gasteiger partial charge in [-0.1, -0.05) is 0 Å². The Morgan fingerprint density at radius 1 is 1.22 bits per heavy atom. The van der Waals surface area contributed by atoms with Crippen molar-refractivity contribution >= 4 is 24.4 Å². The fourth-order valence-corrected chi connectivity index (χ4v) is 2.40. The molecule has 0 atom stereocenters. The smallest absolute Gasteiger partial charge is 0.220 e. The number of carbonyl (C=O) groups is 2. The number of hydrogen-bond donors (Lipinski definition) is 3. The van der Waals surface area contributed by atoms with Crippen LogP contribution in [-0.2, 0) is 9.59 Å². The van der Waals surface area contributed by atoms with Crippen LogP contribution in [0.1, 0.15) is 44.9 Å². The molecule has 0 bridgehead atoms. The average Bonchev–Trinajstić information content (AvgIpc) is 3.22. The van der Waals surface area contributed by atoms with Gasteiger partial charge in [-0.25, -0.2) is 0 Å². The Kier molecular flexibility index (Phi) is 4.54. The zero-order valence-electron chi connectivity index (χ0n) is 10.7. The molecule has 0 aliphatic heterocycles. The fourth-order valence-electron chi connectivity index (χ4n) is 1.97. The molecule has 2 fully saturated rings. The molecule has 5 heteroatoms. The Balaban J connectivity index is 1.49. The SMILES string of the molecule is O=C(CC1(CS)CC1)NCCCC(=O)NC1CC1. The fraction of sp³-hybridized carbons (Fsp3) is 0.846. The van der Waals surface area contributed by atoms with Crippen LogP contribution in [0.25, 0.3) is 0 Å². The zero-order chi connectivity index (χ0) is 13.0. The summed E-state index contributed by atoms with van der Waals surface area (Å²) in [5, 5.41) is 5.82. The van der Waals surface area contributed by atoms with Crippen molar-refractivity contribution in [2.75, 3.05) is 12.3 Å². The van der Waals surface area contributed by atoms with E-state index >= 15 is 0 Å². The molecule has 0 aromatic rings. The molecule has 0 heterocycles. The highest BCUT2D eigenvalue weighted by Crippen LogP contribution is 2.49. The molecule has 2 amide bonds. The molecule has 0 saturated heterocycles. The molecule has 2 saturated carbocycles. The van der Waals surface area contributed by atoms with Crippen molar-refractivity contribution in [3.63, 3.8) is 0 Å². The summed E-state index contributed by atoms with van der Waals surface area (Å²) in [6, 6.07) is 0.428. The molecule has 4 nitrogen and oxygen atoms in total. The average molecular weight is 270 g/mol. The minimum absolute atomic E-state index is 0.101. The van der Waals surface area contributed by atoms with Crippen LogP contribution in [0.4, 0.5) is 0 Å². The second-order valence-corrected chi connectivity index (χ2v) is 5.95. The van der Waals surface area contributed by atoms with Crippen molar-refractivity contribution < 1.29 is 9.59 Å². The first-order valence-corrected chi connectivity index (χ1v) is 7.44. The lowest BCUT2D eigenvalue weighted by Crippen LogP contribution is -2.29. The van der Waals surface area contributed by atoms with E-state index in [2.05, 4.69) is 23.3 Å². The molecule has 2 N–H and O–H groups in total. The second kappa shape index (κ2) is 5.95. The minimum Gasteiger partial charge on any atom is -0.356 e. The summed E-state index contributed by atoms with van der Waals surface area (Å²) in [6.45, 7) is 0.597. The van der Waals surface area contributed by atoms with E-state index in [0.717, 1.165) is 37.9 Å². The lowest BCUT2D eigenvalue weighted by Gasteiger charge is -2.11. The molecule has 0 spiro atoms. The van der Waals surface area contributed by atoms with Crippen molar-refractivity contribution in [2.45, 2.75) is 51.0 Å². The molecular weight excluding hydrogens is 248 g/mol. The zero-order valence-corrected chi connectivity index (χ0v) is 11.6. The summed E-state index contributed by atoms with van der Waals surface area (Å²) in [5.41, 5.74) is 0.177. The van der Waals surface area contributed by atoms with Gasteiger partial charge in [0.25, 0.3) is 0 Å². The maximum Gasteiger partial charge on any atom is 0.220 e. The normalized spacial score (nSPS) is 20.3. The Morgan fingerprint density at radius 3 is 2.50 bits per heavy atom. The molecule has 2 aliphatic carbocycles. The summed E-state index contributed by atoms with van der Waals surface area (Å²) in [5.74, 6) is 1.01. The van der Waals surface area contributed by atoms with E-state index in [0.29, 0.717) is 25.4 Å². The van der Waals surface area contributed by atoms with Crippen molar-refractivity contribution in [1.82, 2.24) is 10.6 Å². The first-order valence-electron chi connectivity index (χ1n) is 6.80. The van der Waals surface area contributed by atoms with Crippen LogP contribution in [0.2, 0.25) is 0 Å². The highest BCUT2D eigenvalue weighted by atomic mass is 32.1. The van der Waals surface area contributed by atoms with Gasteiger partial charge in [0.15, 0.2) is 0 Å². The third kappa shape index (κ3) is 4.52. The van der Waals surface area contributed by atoms with E-state index < -0.39 is 0 Å². The van der Waals surface area contributed by atoms with Gasteiger partial charge in [0, 0.05) is 25.4 Å². The second-order valence-electron chi connectivity index (χ2n) is 5.63. The predicted octanol–water partition coefficient (Wildman–Crippen LogP) is 1.26. The third-order valence-electron chi connectivity index (χ3n) is 3.67. The third-order valence-corrected chi connectivity index (χ3v) is 4.34. The maximum atomic E-state index is 11.6. The van der Waals surface area contributed by atoms with Gasteiger partial charge in [-0.3, -0.25) is 9.59 Å². The van der Waals surface area contributed by atoms with Crippen molar-refractivity contribution in [1.29, 1.82) is 0 Å². The summed E-state index contributed by atoms with van der Waals surface area (Å²) in [6.07, 6.45) is 6.29. The lowest BCUT2D eigenvalue weighted by atomic mass is 10.1. The first kappa shape index (κ1) is 13.7. The van der Waals surface area contributed by atoms with Crippen LogP contribution in [-0.4, -0.2) is 30.2 Å². The molecule has 2 rings (SSSR count). The number of rotatable bonds is 8. The summed E-state index contributed by atoms with van der Waals surface area (Å²) >= 11 is 4.28. The van der Waals surface area contributed by atoms with E-state index in [1.807, 2.05) is 0 Å². The van der Waals surface area contributed by atoms with Gasteiger partial charge < -0.3 is 10.6 Å². The van der Waals surface area contributed by atoms with E-state index in [9.17, 15) is 9.59 Å². The van der Waals surface area contributed by atoms with E-state index in [4.69, 9.17) is 0 Å². The maximum absolute atomic E-state index is 11.6. The van der Waals surface area contributed by atoms with Crippen LogP contribution in [0.15, 0.2) is 0 Å². The molecule has 102 valence electrons. The molecule has 0 radical (unpaired) electrons. The minimum atomic E-state index is 0.101. The van der Waals surface area contributed by atoms with Gasteiger partial charge in [0.2, 0.25) is 11.8 Å². The molecular formula is C13H22N2O2S. The van der Waals surface area contributed by atoms with Gasteiger partial charge in [-0.2, -0.15) is 12.6 Å². The van der Waals surface area contributed by atoms with E-state index in [1.54, 1.807) is 0 Å². The molecule has 0 aromatic heterocycles. The summed E-state index contributed by atoms with van der Waals surface area (Å²) in [4.78, 5) is 23.0. The molecule has 2 aliphatic rings. The van der Waals surface area contributed by atoms with Crippen LogP contribution in [0, 0.1) is 5.41 Å².